The van der Waals surface area contributed by atoms with Gasteiger partial charge < -0.3 is 14.7 Å². The van der Waals surface area contributed by atoms with Crippen molar-refractivity contribution in [3.05, 3.63) is 29.3 Å². The van der Waals surface area contributed by atoms with Gasteiger partial charge in [0.2, 0.25) is 0 Å². The number of carboxylic acids is 1. The van der Waals surface area contributed by atoms with Gasteiger partial charge >= 0.3 is 5.97 Å². The number of aromatic carboxylic acids is 1. The van der Waals surface area contributed by atoms with Crippen LogP contribution in [0.2, 0.25) is 0 Å². The molecule has 4 heteroatoms. The van der Waals surface area contributed by atoms with Gasteiger partial charge in [-0.3, -0.25) is 0 Å². The third-order valence-corrected chi connectivity index (χ3v) is 3.77. The van der Waals surface area contributed by atoms with Crippen molar-refractivity contribution in [2.75, 3.05) is 24.6 Å². The average molecular weight is 247 g/mol. The van der Waals surface area contributed by atoms with E-state index in [0.29, 0.717) is 11.7 Å². The van der Waals surface area contributed by atoms with E-state index in [4.69, 9.17) is 9.84 Å². The molecule has 0 bridgehead atoms. The first kappa shape index (κ1) is 11.5. The Morgan fingerprint density at radius 1 is 1.50 bits per heavy atom. The first-order valence-corrected chi connectivity index (χ1v) is 6.47. The zero-order chi connectivity index (χ0) is 12.5. The fourth-order valence-electron chi connectivity index (χ4n) is 2.80. The lowest BCUT2D eigenvalue weighted by atomic mass is 10.1. The summed E-state index contributed by atoms with van der Waals surface area (Å²) in [6.45, 7) is 2.72. The Hall–Kier alpha value is -1.55. The van der Waals surface area contributed by atoms with Gasteiger partial charge in [-0.2, -0.15) is 0 Å². The number of carbonyl (C=O) groups is 1. The van der Waals surface area contributed by atoms with Crippen LogP contribution in [0.3, 0.4) is 0 Å². The quantitative estimate of drug-likeness (QED) is 0.886. The van der Waals surface area contributed by atoms with Crippen LogP contribution in [0.25, 0.3) is 0 Å². The van der Waals surface area contributed by atoms with E-state index in [2.05, 4.69) is 4.90 Å². The maximum atomic E-state index is 11.0. The molecule has 2 aliphatic rings. The molecule has 0 amide bonds. The van der Waals surface area contributed by atoms with Gasteiger partial charge in [0, 0.05) is 25.4 Å². The molecular formula is C14H17NO3. The van der Waals surface area contributed by atoms with Crippen molar-refractivity contribution in [2.24, 2.45) is 0 Å². The zero-order valence-corrected chi connectivity index (χ0v) is 10.3. The Morgan fingerprint density at radius 3 is 3.11 bits per heavy atom. The molecule has 96 valence electrons. The molecule has 18 heavy (non-hydrogen) atoms. The fraction of sp³-hybridized carbons (Fsp3) is 0.500. The Bertz CT molecular complexity index is 466. The monoisotopic (exact) mass is 247 g/mol. The molecule has 3 rings (SSSR count). The lowest BCUT2D eigenvalue weighted by Crippen LogP contribution is -2.30. The maximum absolute atomic E-state index is 11.0. The van der Waals surface area contributed by atoms with Crippen molar-refractivity contribution in [3.63, 3.8) is 0 Å². The lowest BCUT2D eigenvalue weighted by molar-refractivity contribution is 0.0697. The van der Waals surface area contributed by atoms with Gasteiger partial charge in [-0.15, -0.1) is 0 Å². The normalized spacial score (nSPS) is 22.2. The van der Waals surface area contributed by atoms with Gasteiger partial charge in [0.25, 0.3) is 0 Å². The van der Waals surface area contributed by atoms with Crippen molar-refractivity contribution in [1.82, 2.24) is 0 Å². The van der Waals surface area contributed by atoms with Gasteiger partial charge in [-0.25, -0.2) is 4.79 Å². The highest BCUT2D eigenvalue weighted by Gasteiger charge is 2.25. The summed E-state index contributed by atoms with van der Waals surface area (Å²) in [5.41, 5.74) is 2.69. The molecule has 2 aliphatic heterocycles. The van der Waals surface area contributed by atoms with Crippen molar-refractivity contribution < 1.29 is 14.6 Å². The van der Waals surface area contributed by atoms with Gasteiger partial charge in [-0.05, 0) is 37.0 Å². The third-order valence-electron chi connectivity index (χ3n) is 3.77. The fourth-order valence-corrected chi connectivity index (χ4v) is 2.80. The van der Waals surface area contributed by atoms with E-state index in [9.17, 15) is 4.79 Å². The summed E-state index contributed by atoms with van der Waals surface area (Å²) in [7, 11) is 0. The van der Waals surface area contributed by atoms with Crippen LogP contribution in [-0.2, 0) is 11.2 Å². The summed E-state index contributed by atoms with van der Waals surface area (Å²) in [5.74, 6) is -0.859. The number of nitrogens with zero attached hydrogens (tertiary/aromatic N) is 1. The van der Waals surface area contributed by atoms with E-state index in [1.807, 2.05) is 6.07 Å². The van der Waals surface area contributed by atoms with Crippen LogP contribution in [0.15, 0.2) is 18.2 Å². The summed E-state index contributed by atoms with van der Waals surface area (Å²) in [5, 5.41) is 9.04. The first-order chi connectivity index (χ1) is 8.74. The number of hydrogen-bond acceptors (Lipinski definition) is 3. The van der Waals surface area contributed by atoms with Crippen molar-refractivity contribution in [2.45, 2.75) is 25.4 Å². The lowest BCUT2D eigenvalue weighted by Gasteiger charge is -2.23. The predicted molar refractivity (Wildman–Crippen MR) is 68.3 cm³/mol. The van der Waals surface area contributed by atoms with E-state index >= 15 is 0 Å². The standard InChI is InChI=1S/C14H17NO3/c16-14(17)11-4-3-10-5-6-15(13(10)8-11)9-12-2-1-7-18-12/h3-4,8,12H,1-2,5-7,9H2,(H,16,17). The average Bonchev–Trinajstić information content (AvgIpc) is 2.99. The molecule has 0 saturated carbocycles. The zero-order valence-electron chi connectivity index (χ0n) is 10.3. The van der Waals surface area contributed by atoms with E-state index in [-0.39, 0.29) is 0 Å². The number of carboxylic acid groups (broad SMARTS) is 1. The van der Waals surface area contributed by atoms with Crippen LogP contribution in [0, 0.1) is 0 Å². The molecule has 4 nitrogen and oxygen atoms in total. The number of ether oxygens (including phenoxy) is 1. The number of benzene rings is 1. The molecule has 1 aromatic rings. The molecule has 1 fully saturated rings. The number of fused-ring (bicyclic) bond motifs is 1. The van der Waals surface area contributed by atoms with Crippen molar-refractivity contribution in [1.29, 1.82) is 0 Å². The molecule has 0 radical (unpaired) electrons. The third kappa shape index (κ3) is 2.08. The van der Waals surface area contributed by atoms with E-state index in [0.717, 1.165) is 44.6 Å². The van der Waals surface area contributed by atoms with Crippen LogP contribution in [0.4, 0.5) is 5.69 Å². The van der Waals surface area contributed by atoms with Crippen molar-refractivity contribution >= 4 is 11.7 Å². The SMILES string of the molecule is O=C(O)c1ccc2c(c1)N(CC1CCCO1)CC2. The molecule has 0 spiro atoms. The molecule has 1 saturated heterocycles. The highest BCUT2D eigenvalue weighted by molar-refractivity contribution is 5.89. The Labute approximate surface area is 106 Å². The second-order valence-electron chi connectivity index (χ2n) is 4.98. The maximum Gasteiger partial charge on any atom is 0.335 e. The summed E-state index contributed by atoms with van der Waals surface area (Å²) in [6, 6.07) is 5.42. The topological polar surface area (TPSA) is 49.8 Å². The summed E-state index contributed by atoms with van der Waals surface area (Å²) < 4.78 is 5.65. The van der Waals surface area contributed by atoms with Crippen molar-refractivity contribution in [3.8, 4) is 0 Å². The Balaban J connectivity index is 1.80. The summed E-state index contributed by atoms with van der Waals surface area (Å²) >= 11 is 0. The smallest absolute Gasteiger partial charge is 0.335 e. The Morgan fingerprint density at radius 2 is 2.39 bits per heavy atom. The molecule has 1 unspecified atom stereocenters. The van der Waals surface area contributed by atoms with E-state index in [1.165, 1.54) is 5.56 Å². The highest BCUT2D eigenvalue weighted by atomic mass is 16.5. The molecule has 1 N–H and O–H groups in total. The minimum atomic E-state index is -0.859. The van der Waals surface area contributed by atoms with Gasteiger partial charge in [0.05, 0.1) is 11.7 Å². The molecule has 1 atom stereocenters. The largest absolute Gasteiger partial charge is 0.478 e. The minimum absolute atomic E-state index is 0.310. The molecule has 1 aromatic carbocycles. The number of anilines is 1. The van der Waals surface area contributed by atoms with Gasteiger partial charge in [-0.1, -0.05) is 6.07 Å². The molecule has 0 aliphatic carbocycles. The molecule has 2 heterocycles. The minimum Gasteiger partial charge on any atom is -0.478 e. The van der Waals surface area contributed by atoms with Crippen LogP contribution in [-0.4, -0.2) is 36.9 Å². The second-order valence-corrected chi connectivity index (χ2v) is 4.98. The first-order valence-electron chi connectivity index (χ1n) is 6.47. The number of hydrogen-bond donors (Lipinski definition) is 1. The van der Waals surface area contributed by atoms with Gasteiger partial charge in [0.1, 0.15) is 0 Å². The summed E-state index contributed by atoms with van der Waals surface area (Å²) in [4.78, 5) is 13.3. The predicted octanol–water partition coefficient (Wildman–Crippen LogP) is 1.93. The molecule has 0 aromatic heterocycles. The van der Waals surface area contributed by atoms with Gasteiger partial charge in [0.15, 0.2) is 0 Å². The number of rotatable bonds is 3. The molecular weight excluding hydrogens is 230 g/mol. The van der Waals surface area contributed by atoms with E-state index in [1.54, 1.807) is 12.1 Å². The van der Waals surface area contributed by atoms with E-state index < -0.39 is 5.97 Å². The van der Waals surface area contributed by atoms with Crippen LogP contribution < -0.4 is 4.90 Å². The Kier molecular flexibility index (Phi) is 2.96. The van der Waals surface area contributed by atoms with Crippen LogP contribution in [0.5, 0.6) is 0 Å². The summed E-state index contributed by atoms with van der Waals surface area (Å²) in [6.07, 6.45) is 3.57. The highest BCUT2D eigenvalue weighted by Crippen LogP contribution is 2.30. The second kappa shape index (κ2) is 4.61. The van der Waals surface area contributed by atoms with Crippen LogP contribution >= 0.6 is 0 Å². The van der Waals surface area contributed by atoms with Crippen LogP contribution in [0.1, 0.15) is 28.8 Å².